The summed E-state index contributed by atoms with van der Waals surface area (Å²) in [5.41, 5.74) is 0.643. The summed E-state index contributed by atoms with van der Waals surface area (Å²) in [6.07, 6.45) is 3.71. The fourth-order valence-corrected chi connectivity index (χ4v) is 2.83. The third kappa shape index (κ3) is 3.55. The standard InChI is InChI=1S/C15H20BrFO/c1-10-3-6-14(7-11(10)2)18-9-12-4-5-13(16)8-15(12)17/h4-5,8,10-11,14H,3,6-7,9H2,1-2H3. The molecule has 3 unspecified atom stereocenters. The molecule has 1 aromatic carbocycles. The van der Waals surface area contributed by atoms with Crippen LogP contribution in [0.4, 0.5) is 4.39 Å². The smallest absolute Gasteiger partial charge is 0.129 e. The van der Waals surface area contributed by atoms with Crippen LogP contribution >= 0.6 is 15.9 Å². The quantitative estimate of drug-likeness (QED) is 0.768. The Hall–Kier alpha value is -0.410. The van der Waals surface area contributed by atoms with Crippen LogP contribution in [0.3, 0.4) is 0 Å². The third-order valence-corrected chi connectivity index (χ3v) is 4.53. The van der Waals surface area contributed by atoms with Gasteiger partial charge in [0.1, 0.15) is 5.82 Å². The zero-order chi connectivity index (χ0) is 13.1. The lowest BCUT2D eigenvalue weighted by Gasteiger charge is -2.32. The number of ether oxygens (including phenoxy) is 1. The minimum atomic E-state index is -0.193. The summed E-state index contributed by atoms with van der Waals surface area (Å²) in [6.45, 7) is 4.96. The largest absolute Gasteiger partial charge is 0.373 e. The van der Waals surface area contributed by atoms with Crippen LogP contribution in [-0.2, 0) is 11.3 Å². The Bertz CT molecular complexity index is 407. The molecule has 1 aliphatic rings. The van der Waals surface area contributed by atoms with Crippen molar-refractivity contribution in [2.24, 2.45) is 11.8 Å². The van der Waals surface area contributed by atoms with E-state index in [1.165, 1.54) is 12.5 Å². The fraction of sp³-hybridized carbons (Fsp3) is 0.600. The predicted molar refractivity (Wildman–Crippen MR) is 74.9 cm³/mol. The predicted octanol–water partition coefficient (Wildman–Crippen LogP) is 4.93. The monoisotopic (exact) mass is 314 g/mol. The SMILES string of the molecule is CC1CCC(OCc2ccc(Br)cc2F)CC1C. The summed E-state index contributed by atoms with van der Waals surface area (Å²) in [4.78, 5) is 0. The van der Waals surface area contributed by atoms with Gasteiger partial charge in [-0.2, -0.15) is 0 Å². The molecule has 0 N–H and O–H groups in total. The topological polar surface area (TPSA) is 9.23 Å². The van der Waals surface area contributed by atoms with Crippen molar-refractivity contribution >= 4 is 15.9 Å². The Kier molecular flexibility index (Phi) is 4.79. The van der Waals surface area contributed by atoms with Gasteiger partial charge in [0.15, 0.2) is 0 Å². The summed E-state index contributed by atoms with van der Waals surface area (Å²) in [7, 11) is 0. The summed E-state index contributed by atoms with van der Waals surface area (Å²) in [6, 6.07) is 5.13. The highest BCUT2D eigenvalue weighted by Gasteiger charge is 2.25. The highest BCUT2D eigenvalue weighted by Crippen LogP contribution is 2.31. The van der Waals surface area contributed by atoms with Gasteiger partial charge in [-0.3, -0.25) is 0 Å². The van der Waals surface area contributed by atoms with Crippen LogP contribution in [0.5, 0.6) is 0 Å². The first-order valence-corrected chi connectivity index (χ1v) is 7.41. The van der Waals surface area contributed by atoms with E-state index < -0.39 is 0 Å². The molecule has 1 aliphatic carbocycles. The van der Waals surface area contributed by atoms with Crippen LogP contribution < -0.4 is 0 Å². The summed E-state index contributed by atoms with van der Waals surface area (Å²) < 4.78 is 20.3. The molecular weight excluding hydrogens is 295 g/mol. The molecular formula is C15H20BrFO. The molecule has 1 nitrogen and oxygen atoms in total. The molecule has 100 valence electrons. The van der Waals surface area contributed by atoms with Gasteiger partial charge in [0.2, 0.25) is 0 Å². The van der Waals surface area contributed by atoms with E-state index in [2.05, 4.69) is 29.8 Å². The first-order chi connectivity index (χ1) is 8.56. The maximum Gasteiger partial charge on any atom is 0.129 e. The Balaban J connectivity index is 1.88. The summed E-state index contributed by atoms with van der Waals surface area (Å²) in [5.74, 6) is 1.30. The highest BCUT2D eigenvalue weighted by atomic mass is 79.9. The lowest BCUT2D eigenvalue weighted by molar-refractivity contribution is -0.00846. The average molecular weight is 315 g/mol. The maximum atomic E-state index is 13.6. The van der Waals surface area contributed by atoms with Crippen molar-refractivity contribution in [2.45, 2.75) is 45.8 Å². The second kappa shape index (κ2) is 6.16. The number of halogens is 2. The molecule has 1 aromatic rings. The third-order valence-electron chi connectivity index (χ3n) is 4.04. The summed E-state index contributed by atoms with van der Waals surface area (Å²) in [5, 5.41) is 0. The van der Waals surface area contributed by atoms with E-state index in [0.29, 0.717) is 24.2 Å². The van der Waals surface area contributed by atoms with E-state index in [0.717, 1.165) is 23.2 Å². The van der Waals surface area contributed by atoms with E-state index in [1.807, 2.05) is 6.07 Å². The van der Waals surface area contributed by atoms with Crippen LogP contribution in [0.15, 0.2) is 22.7 Å². The minimum absolute atomic E-state index is 0.193. The molecule has 0 radical (unpaired) electrons. The van der Waals surface area contributed by atoms with E-state index in [9.17, 15) is 4.39 Å². The van der Waals surface area contributed by atoms with Crippen LogP contribution in [-0.4, -0.2) is 6.10 Å². The number of rotatable bonds is 3. The Morgan fingerprint density at radius 1 is 1.28 bits per heavy atom. The minimum Gasteiger partial charge on any atom is -0.373 e. The normalized spacial score (nSPS) is 28.3. The van der Waals surface area contributed by atoms with Gasteiger partial charge in [0.25, 0.3) is 0 Å². The van der Waals surface area contributed by atoms with Crippen molar-refractivity contribution in [3.05, 3.63) is 34.1 Å². The summed E-state index contributed by atoms with van der Waals surface area (Å²) >= 11 is 3.26. The second-order valence-electron chi connectivity index (χ2n) is 5.44. The molecule has 0 aliphatic heterocycles. The molecule has 1 fully saturated rings. The Morgan fingerprint density at radius 2 is 2.06 bits per heavy atom. The molecule has 2 rings (SSSR count). The second-order valence-corrected chi connectivity index (χ2v) is 6.35. The molecule has 0 amide bonds. The molecule has 3 heteroatoms. The van der Waals surface area contributed by atoms with E-state index in [4.69, 9.17) is 4.74 Å². The zero-order valence-corrected chi connectivity index (χ0v) is 12.5. The van der Waals surface area contributed by atoms with Gasteiger partial charge in [0, 0.05) is 10.0 Å². The fourth-order valence-electron chi connectivity index (χ4n) is 2.50. The molecule has 0 spiro atoms. The van der Waals surface area contributed by atoms with Crippen molar-refractivity contribution in [3.8, 4) is 0 Å². The van der Waals surface area contributed by atoms with Crippen LogP contribution in [0, 0.1) is 17.7 Å². The molecule has 1 saturated carbocycles. The Morgan fingerprint density at radius 3 is 2.72 bits per heavy atom. The average Bonchev–Trinajstić information content (AvgIpc) is 2.32. The van der Waals surface area contributed by atoms with Gasteiger partial charge in [-0.1, -0.05) is 35.8 Å². The van der Waals surface area contributed by atoms with Crippen molar-refractivity contribution < 1.29 is 9.13 Å². The number of benzene rings is 1. The Labute approximate surface area is 117 Å². The highest BCUT2D eigenvalue weighted by molar-refractivity contribution is 9.10. The number of hydrogen-bond donors (Lipinski definition) is 0. The van der Waals surface area contributed by atoms with Gasteiger partial charge in [-0.05, 0) is 43.2 Å². The molecule has 3 atom stereocenters. The van der Waals surface area contributed by atoms with Crippen molar-refractivity contribution in [3.63, 3.8) is 0 Å². The molecule has 0 bridgehead atoms. The van der Waals surface area contributed by atoms with Gasteiger partial charge in [-0.25, -0.2) is 4.39 Å². The van der Waals surface area contributed by atoms with Crippen LogP contribution in [0.2, 0.25) is 0 Å². The zero-order valence-electron chi connectivity index (χ0n) is 11.0. The van der Waals surface area contributed by atoms with E-state index in [-0.39, 0.29) is 5.82 Å². The first kappa shape index (κ1) is 14.0. The lowest BCUT2D eigenvalue weighted by atomic mass is 9.80. The molecule has 0 heterocycles. The van der Waals surface area contributed by atoms with Gasteiger partial charge in [-0.15, -0.1) is 0 Å². The number of hydrogen-bond acceptors (Lipinski definition) is 1. The molecule has 0 saturated heterocycles. The molecule has 0 aromatic heterocycles. The van der Waals surface area contributed by atoms with Gasteiger partial charge < -0.3 is 4.74 Å². The van der Waals surface area contributed by atoms with Gasteiger partial charge >= 0.3 is 0 Å². The van der Waals surface area contributed by atoms with Crippen LogP contribution in [0.1, 0.15) is 38.7 Å². The van der Waals surface area contributed by atoms with Crippen molar-refractivity contribution in [2.75, 3.05) is 0 Å². The van der Waals surface area contributed by atoms with Gasteiger partial charge in [0.05, 0.1) is 12.7 Å². The van der Waals surface area contributed by atoms with Crippen LogP contribution in [0.25, 0.3) is 0 Å². The molecule has 18 heavy (non-hydrogen) atoms. The van der Waals surface area contributed by atoms with E-state index in [1.54, 1.807) is 6.07 Å². The van der Waals surface area contributed by atoms with E-state index >= 15 is 0 Å². The van der Waals surface area contributed by atoms with Crippen molar-refractivity contribution in [1.29, 1.82) is 0 Å². The first-order valence-electron chi connectivity index (χ1n) is 6.61. The maximum absolute atomic E-state index is 13.6. The lowest BCUT2D eigenvalue weighted by Crippen LogP contribution is -2.26. The van der Waals surface area contributed by atoms with Crippen molar-refractivity contribution in [1.82, 2.24) is 0 Å².